The molecule has 7 rings (SSSR count). The molecule has 11 nitrogen and oxygen atoms in total. The molecule has 3 aliphatic rings. The Hall–Kier alpha value is -4.41. The quantitative estimate of drug-likeness (QED) is 0.186. The molecule has 2 bridgehead atoms. The van der Waals surface area contributed by atoms with Gasteiger partial charge in [-0.1, -0.05) is 0 Å². The second kappa shape index (κ2) is 10.5. The number of nitrogens with one attached hydrogen (secondary N) is 2. The summed E-state index contributed by atoms with van der Waals surface area (Å²) in [6.07, 6.45) is 6.41. The number of hydrogen-bond donors (Lipinski definition) is 3. The second-order valence-corrected chi connectivity index (χ2v) is 11.3. The summed E-state index contributed by atoms with van der Waals surface area (Å²) in [6, 6.07) is 10.3. The Morgan fingerprint density at radius 3 is 2.73 bits per heavy atom. The van der Waals surface area contributed by atoms with E-state index in [4.69, 9.17) is 25.0 Å². The first-order chi connectivity index (χ1) is 19.8. The maximum Gasteiger partial charge on any atom is 0.290 e. The number of piperidine rings is 1. The number of aromatic nitrogens is 4. The minimum Gasteiger partial charge on any atom is -0.494 e. The first kappa shape index (κ1) is 26.8. The van der Waals surface area contributed by atoms with Crippen LogP contribution in [0.25, 0.3) is 33.6 Å². The van der Waals surface area contributed by atoms with E-state index in [2.05, 4.69) is 31.6 Å². The number of benzene rings is 1. The van der Waals surface area contributed by atoms with E-state index in [1.165, 1.54) is 12.8 Å². The average molecular weight is 558 g/mol. The monoisotopic (exact) mass is 557 g/mol. The predicted molar refractivity (Wildman–Crippen MR) is 155 cm³/mol. The van der Waals surface area contributed by atoms with E-state index in [1.54, 1.807) is 14.0 Å². The van der Waals surface area contributed by atoms with Gasteiger partial charge in [0.15, 0.2) is 5.82 Å². The molecule has 1 aromatic carbocycles. The molecule has 4 heterocycles. The number of carbonyl (C=O) groups is 2. The zero-order valence-electron chi connectivity index (χ0n) is 23.5. The Morgan fingerprint density at radius 1 is 1.24 bits per heavy atom. The molecule has 3 atom stereocenters. The van der Waals surface area contributed by atoms with Crippen LogP contribution in [0.1, 0.15) is 43.0 Å². The van der Waals surface area contributed by atoms with Gasteiger partial charge in [0.25, 0.3) is 12.4 Å². The van der Waals surface area contributed by atoms with Crippen molar-refractivity contribution in [1.29, 1.82) is 5.41 Å². The third-order valence-corrected chi connectivity index (χ3v) is 8.65. The number of imidazole rings is 1. The Kier molecular flexibility index (Phi) is 6.88. The zero-order chi connectivity index (χ0) is 28.8. The Bertz CT molecular complexity index is 1650. The molecule has 3 aromatic heterocycles. The number of pyridine rings is 1. The van der Waals surface area contributed by atoms with Crippen LogP contribution in [0.2, 0.25) is 0 Å². The van der Waals surface area contributed by atoms with Crippen LogP contribution < -0.4 is 10.1 Å². The topological polar surface area (TPSA) is 138 Å². The maximum atomic E-state index is 13.8. The molecule has 0 spiro atoms. The van der Waals surface area contributed by atoms with Crippen LogP contribution >= 0.6 is 0 Å². The molecule has 0 radical (unpaired) electrons. The molecule has 2 aliphatic carbocycles. The molecule has 11 heteroatoms. The van der Waals surface area contributed by atoms with Crippen molar-refractivity contribution in [1.82, 2.24) is 29.3 Å². The number of rotatable bonds is 6. The molecule has 4 aromatic rings. The molecule has 2 unspecified atom stereocenters. The van der Waals surface area contributed by atoms with E-state index < -0.39 is 0 Å². The first-order valence-corrected chi connectivity index (χ1v) is 14.0. The third-order valence-electron chi connectivity index (χ3n) is 8.65. The molecule has 41 heavy (non-hydrogen) atoms. The van der Waals surface area contributed by atoms with Gasteiger partial charge in [-0.2, -0.15) is 0 Å². The highest BCUT2D eigenvalue weighted by Crippen LogP contribution is 2.40. The van der Waals surface area contributed by atoms with Crippen molar-refractivity contribution < 1.29 is 19.4 Å². The van der Waals surface area contributed by atoms with Gasteiger partial charge in [0.2, 0.25) is 0 Å². The number of carbonyl (C=O) groups excluding carboxylic acids is 1. The minimum absolute atomic E-state index is 0.00563. The fourth-order valence-electron chi connectivity index (χ4n) is 6.70. The van der Waals surface area contributed by atoms with Crippen molar-refractivity contribution in [2.24, 2.45) is 18.9 Å². The number of amidine groups is 1. The smallest absolute Gasteiger partial charge is 0.290 e. The summed E-state index contributed by atoms with van der Waals surface area (Å²) in [5.74, 6) is 3.02. The number of hydrogen-bond acceptors (Lipinski definition) is 6. The van der Waals surface area contributed by atoms with E-state index in [0.717, 1.165) is 59.5 Å². The number of nitrogens with zero attached hydrogens (tertiary/aromatic N) is 5. The first-order valence-electron chi connectivity index (χ1n) is 14.0. The van der Waals surface area contributed by atoms with Crippen LogP contribution in [-0.2, 0) is 18.4 Å². The van der Waals surface area contributed by atoms with Crippen molar-refractivity contribution >= 4 is 40.3 Å². The van der Waals surface area contributed by atoms with E-state index in [-0.39, 0.29) is 24.5 Å². The van der Waals surface area contributed by atoms with Crippen molar-refractivity contribution in [3.8, 4) is 17.3 Å². The minimum atomic E-state index is -0.250. The molecular formula is C30H35N7O4. The maximum absolute atomic E-state index is 13.8. The van der Waals surface area contributed by atoms with Crippen LogP contribution in [-0.4, -0.2) is 73.1 Å². The Morgan fingerprint density at radius 2 is 2.02 bits per heavy atom. The van der Waals surface area contributed by atoms with Crippen LogP contribution in [0.15, 0.2) is 36.5 Å². The predicted octanol–water partition coefficient (Wildman–Crippen LogP) is 3.90. The number of carboxylic acid groups (broad SMARTS) is 1. The highest BCUT2D eigenvalue weighted by molar-refractivity contribution is 6.00. The molecular weight excluding hydrogens is 522 g/mol. The standard InChI is InChI=1S/C29H33N7O2.CH2O2/c1-16(30)32-25-19-8-9-22(25)36(15-19)29(37)20-11-21-26(24(13-20)38-3)34(2)28(33-21)23-12-18-5-4-10-31-27(18)35(23)14-17-6-7-17;2-1-3/h4-5,10-13,17,19,22,25H,6-9,14-15H2,1-3H3,(H2,30,32);1H,(H,2,3)/t19?,22?,25-;/m1./s1. The summed E-state index contributed by atoms with van der Waals surface area (Å²) in [7, 11) is 3.66. The molecule has 2 saturated carbocycles. The van der Waals surface area contributed by atoms with Crippen molar-refractivity contribution in [3.63, 3.8) is 0 Å². The number of aryl methyl sites for hydroxylation is 1. The zero-order valence-corrected chi connectivity index (χ0v) is 23.5. The highest BCUT2D eigenvalue weighted by atomic mass is 16.5. The fraction of sp³-hybridized carbons (Fsp3) is 0.433. The van der Waals surface area contributed by atoms with Crippen molar-refractivity contribution in [3.05, 3.63) is 42.1 Å². The van der Waals surface area contributed by atoms with Gasteiger partial charge in [-0.05, 0) is 74.8 Å². The van der Waals surface area contributed by atoms with Crippen molar-refractivity contribution in [2.45, 2.75) is 51.2 Å². The number of methoxy groups -OCH3 is 1. The van der Waals surface area contributed by atoms with Gasteiger partial charge in [0, 0.05) is 37.3 Å². The van der Waals surface area contributed by atoms with Crippen molar-refractivity contribution in [2.75, 3.05) is 13.7 Å². The Balaban J connectivity index is 0.000000967. The average Bonchev–Trinajstić information content (AvgIpc) is 3.31. The molecule has 3 N–H and O–H groups in total. The van der Waals surface area contributed by atoms with E-state index in [0.29, 0.717) is 29.0 Å². The molecule has 3 fully saturated rings. The van der Waals surface area contributed by atoms with Gasteiger partial charge in [0.05, 0.1) is 36.2 Å². The molecule has 1 saturated heterocycles. The van der Waals surface area contributed by atoms with E-state index >= 15 is 0 Å². The normalized spacial score (nSPS) is 21.1. The van der Waals surface area contributed by atoms with E-state index in [9.17, 15) is 4.79 Å². The van der Waals surface area contributed by atoms with Gasteiger partial charge < -0.3 is 29.2 Å². The van der Waals surface area contributed by atoms with Gasteiger partial charge >= 0.3 is 0 Å². The lowest BCUT2D eigenvalue weighted by Gasteiger charge is -2.28. The van der Waals surface area contributed by atoms with Crippen LogP contribution in [0.3, 0.4) is 0 Å². The van der Waals surface area contributed by atoms with Gasteiger partial charge in [-0.25, -0.2) is 9.97 Å². The summed E-state index contributed by atoms with van der Waals surface area (Å²) in [6.45, 7) is 3.17. The molecule has 214 valence electrons. The van der Waals surface area contributed by atoms with Crippen LogP contribution in [0.4, 0.5) is 0 Å². The second-order valence-electron chi connectivity index (χ2n) is 11.3. The molecule has 1 amide bonds. The summed E-state index contributed by atoms with van der Waals surface area (Å²) in [4.78, 5) is 33.9. The third kappa shape index (κ3) is 4.68. The lowest BCUT2D eigenvalue weighted by Crippen LogP contribution is -2.44. The number of likely N-dealkylation sites (tertiary alicyclic amines) is 1. The summed E-state index contributed by atoms with van der Waals surface area (Å²) < 4.78 is 10.2. The lowest BCUT2D eigenvalue weighted by atomic mass is 10.1. The lowest BCUT2D eigenvalue weighted by molar-refractivity contribution is -0.122. The Labute approximate surface area is 237 Å². The molecule has 1 aliphatic heterocycles. The SMILES string of the molecule is COc1cc(C(=O)N2CC3CCC2[C@@H]3NC(C)=N)cc2nc(-c3cc4cccnc4n3CC3CC3)n(C)c12.O=CO. The largest absolute Gasteiger partial charge is 0.494 e. The number of fused-ring (bicyclic) bond motifs is 4. The summed E-state index contributed by atoms with van der Waals surface area (Å²) in [5.41, 5.74) is 4.23. The highest BCUT2D eigenvalue weighted by Gasteiger charge is 2.49. The van der Waals surface area contributed by atoms with E-state index in [1.807, 2.05) is 36.3 Å². The summed E-state index contributed by atoms with van der Waals surface area (Å²) in [5, 5.41) is 19.2. The van der Waals surface area contributed by atoms with Crippen LogP contribution in [0.5, 0.6) is 5.75 Å². The van der Waals surface area contributed by atoms with Gasteiger partial charge in [-0.3, -0.25) is 15.0 Å². The summed E-state index contributed by atoms with van der Waals surface area (Å²) >= 11 is 0. The van der Waals surface area contributed by atoms with Crippen LogP contribution in [0, 0.1) is 17.2 Å². The number of ether oxygens (including phenoxy) is 1. The number of amides is 1. The van der Waals surface area contributed by atoms with Gasteiger partial charge in [-0.15, -0.1) is 0 Å². The van der Waals surface area contributed by atoms with Gasteiger partial charge in [0.1, 0.15) is 16.9 Å². The fourth-order valence-corrected chi connectivity index (χ4v) is 6.70.